The minimum Gasteiger partial charge on any atom is -0.495 e. The summed E-state index contributed by atoms with van der Waals surface area (Å²) in [5, 5.41) is 3.62. The van der Waals surface area contributed by atoms with Gasteiger partial charge in [0.2, 0.25) is 5.95 Å². The Morgan fingerprint density at radius 3 is 2.68 bits per heavy atom. The number of likely N-dealkylation sites (N-methyl/N-ethyl adjacent to an activating group) is 1. The van der Waals surface area contributed by atoms with Crippen molar-refractivity contribution >= 4 is 34.9 Å². The van der Waals surface area contributed by atoms with Crippen LogP contribution in [0.15, 0.2) is 48.7 Å². The van der Waals surface area contributed by atoms with E-state index in [9.17, 15) is 4.79 Å². The molecule has 9 heteroatoms. The molecule has 1 aliphatic heterocycles. The molecule has 1 aliphatic rings. The maximum Gasteiger partial charge on any atom is 0.338 e. The standard InChI is InChI=1S/C25H28ClN5O3/c1-4-34-24(32)18-7-5-6-17(14-18)23-20(26)16-27-25(29-23)28-19-8-9-21(22(15-19)33-3)31-12-10-30(2)11-13-31/h5-9,14-16H,4,10-13H2,1-3H3,(H,27,28,29). The van der Waals surface area contributed by atoms with Crippen LogP contribution in [-0.4, -0.2) is 67.8 Å². The number of carbonyl (C=O) groups excluding carboxylic acids is 1. The fourth-order valence-corrected chi connectivity index (χ4v) is 4.03. The van der Waals surface area contributed by atoms with Gasteiger partial charge in [-0.05, 0) is 38.2 Å². The number of esters is 1. The van der Waals surface area contributed by atoms with E-state index in [0.717, 1.165) is 43.3 Å². The van der Waals surface area contributed by atoms with Crippen LogP contribution < -0.4 is 15.0 Å². The fourth-order valence-electron chi connectivity index (χ4n) is 3.83. The third-order valence-corrected chi connectivity index (χ3v) is 5.95. The largest absolute Gasteiger partial charge is 0.495 e. The summed E-state index contributed by atoms with van der Waals surface area (Å²) in [5.41, 5.74) is 3.51. The first-order valence-corrected chi connectivity index (χ1v) is 11.5. The first-order chi connectivity index (χ1) is 16.5. The van der Waals surface area contributed by atoms with Crippen LogP contribution in [0.4, 0.5) is 17.3 Å². The lowest BCUT2D eigenvalue weighted by atomic mass is 10.1. The molecule has 0 bridgehead atoms. The summed E-state index contributed by atoms with van der Waals surface area (Å²) in [6.45, 7) is 6.02. The molecule has 1 saturated heterocycles. The number of hydrogen-bond acceptors (Lipinski definition) is 8. The van der Waals surface area contributed by atoms with Crippen molar-refractivity contribution in [3.05, 3.63) is 59.2 Å². The van der Waals surface area contributed by atoms with E-state index >= 15 is 0 Å². The van der Waals surface area contributed by atoms with Gasteiger partial charge in [0, 0.05) is 43.5 Å². The van der Waals surface area contributed by atoms with Gasteiger partial charge in [-0.1, -0.05) is 23.7 Å². The van der Waals surface area contributed by atoms with Crippen molar-refractivity contribution in [1.29, 1.82) is 0 Å². The molecule has 8 nitrogen and oxygen atoms in total. The molecule has 0 aliphatic carbocycles. The number of benzene rings is 2. The van der Waals surface area contributed by atoms with E-state index in [1.54, 1.807) is 38.4 Å². The molecule has 1 fully saturated rings. The van der Waals surface area contributed by atoms with Gasteiger partial charge < -0.3 is 24.6 Å². The number of anilines is 3. The molecule has 1 aromatic heterocycles. The predicted octanol–water partition coefficient (Wildman–Crippen LogP) is 4.48. The molecule has 0 unspecified atom stereocenters. The Bertz CT molecular complexity index is 1170. The van der Waals surface area contributed by atoms with Crippen molar-refractivity contribution in [1.82, 2.24) is 14.9 Å². The molecule has 178 valence electrons. The number of piperazine rings is 1. The molecule has 34 heavy (non-hydrogen) atoms. The van der Waals surface area contributed by atoms with Crippen molar-refractivity contribution in [2.24, 2.45) is 0 Å². The highest BCUT2D eigenvalue weighted by atomic mass is 35.5. The van der Waals surface area contributed by atoms with Gasteiger partial charge in [0.05, 0.1) is 41.9 Å². The van der Waals surface area contributed by atoms with Gasteiger partial charge in [-0.2, -0.15) is 0 Å². The number of hydrogen-bond donors (Lipinski definition) is 1. The number of aromatic nitrogens is 2. The Morgan fingerprint density at radius 2 is 1.94 bits per heavy atom. The molecule has 2 aromatic carbocycles. The Morgan fingerprint density at radius 1 is 1.15 bits per heavy atom. The summed E-state index contributed by atoms with van der Waals surface area (Å²) in [7, 11) is 3.81. The average molecular weight is 482 g/mol. The zero-order chi connectivity index (χ0) is 24.1. The molecule has 0 radical (unpaired) electrons. The van der Waals surface area contributed by atoms with Crippen LogP contribution in [0, 0.1) is 0 Å². The second-order valence-corrected chi connectivity index (χ2v) is 8.40. The van der Waals surface area contributed by atoms with Gasteiger partial charge in [-0.15, -0.1) is 0 Å². The summed E-state index contributed by atoms with van der Waals surface area (Å²) < 4.78 is 10.8. The number of nitrogens with one attached hydrogen (secondary N) is 1. The molecular weight excluding hydrogens is 454 g/mol. The van der Waals surface area contributed by atoms with E-state index in [1.165, 1.54) is 0 Å². The lowest BCUT2D eigenvalue weighted by Crippen LogP contribution is -2.44. The number of methoxy groups -OCH3 is 1. The van der Waals surface area contributed by atoms with E-state index in [0.29, 0.717) is 34.4 Å². The molecule has 0 saturated carbocycles. The fraction of sp³-hybridized carbons (Fsp3) is 0.320. The molecule has 0 atom stereocenters. The van der Waals surface area contributed by atoms with Gasteiger partial charge in [-0.3, -0.25) is 0 Å². The number of carbonyl (C=O) groups is 1. The van der Waals surface area contributed by atoms with Gasteiger partial charge >= 0.3 is 5.97 Å². The first-order valence-electron chi connectivity index (χ1n) is 11.2. The van der Waals surface area contributed by atoms with Gasteiger partial charge in [0.15, 0.2) is 0 Å². The average Bonchev–Trinajstić information content (AvgIpc) is 2.86. The van der Waals surface area contributed by atoms with Crippen molar-refractivity contribution in [2.45, 2.75) is 6.92 Å². The first kappa shape index (κ1) is 23.8. The predicted molar refractivity (Wildman–Crippen MR) is 134 cm³/mol. The summed E-state index contributed by atoms with van der Waals surface area (Å²) >= 11 is 6.39. The number of nitrogens with zero attached hydrogens (tertiary/aromatic N) is 4. The summed E-state index contributed by atoms with van der Waals surface area (Å²) in [6.07, 6.45) is 1.54. The molecule has 0 amide bonds. The van der Waals surface area contributed by atoms with Crippen LogP contribution >= 0.6 is 11.6 Å². The highest BCUT2D eigenvalue weighted by Crippen LogP contribution is 2.33. The van der Waals surface area contributed by atoms with Crippen LogP contribution in [0.3, 0.4) is 0 Å². The van der Waals surface area contributed by atoms with Crippen LogP contribution in [-0.2, 0) is 4.74 Å². The van der Waals surface area contributed by atoms with Crippen molar-refractivity contribution in [2.75, 3.05) is 57.2 Å². The molecule has 2 heterocycles. The Labute approximate surface area is 204 Å². The van der Waals surface area contributed by atoms with Crippen molar-refractivity contribution < 1.29 is 14.3 Å². The number of halogens is 1. The normalized spacial score (nSPS) is 14.1. The minimum absolute atomic E-state index is 0.308. The Balaban J connectivity index is 1.57. The second kappa shape index (κ2) is 10.7. The highest BCUT2D eigenvalue weighted by Gasteiger charge is 2.18. The Hall–Kier alpha value is -3.36. The maximum absolute atomic E-state index is 12.1. The van der Waals surface area contributed by atoms with Crippen LogP contribution in [0.1, 0.15) is 17.3 Å². The quantitative estimate of drug-likeness (QED) is 0.495. The Kier molecular flexibility index (Phi) is 7.49. The summed E-state index contributed by atoms with van der Waals surface area (Å²) in [4.78, 5) is 25.7. The number of rotatable bonds is 7. The van der Waals surface area contributed by atoms with Crippen LogP contribution in [0.5, 0.6) is 5.75 Å². The number of ether oxygens (including phenoxy) is 2. The summed E-state index contributed by atoms with van der Waals surface area (Å²) in [5.74, 6) is 0.779. The molecule has 4 rings (SSSR count). The zero-order valence-electron chi connectivity index (χ0n) is 19.5. The van der Waals surface area contributed by atoms with E-state index in [2.05, 4.69) is 32.1 Å². The van der Waals surface area contributed by atoms with E-state index < -0.39 is 0 Å². The lowest BCUT2D eigenvalue weighted by molar-refractivity contribution is 0.0526. The third-order valence-electron chi connectivity index (χ3n) is 5.67. The van der Waals surface area contributed by atoms with Crippen LogP contribution in [0.2, 0.25) is 5.02 Å². The van der Waals surface area contributed by atoms with Gasteiger partial charge in [0.1, 0.15) is 5.75 Å². The van der Waals surface area contributed by atoms with Gasteiger partial charge in [0.25, 0.3) is 0 Å². The molecule has 0 spiro atoms. The van der Waals surface area contributed by atoms with E-state index in [4.69, 9.17) is 21.1 Å². The highest BCUT2D eigenvalue weighted by molar-refractivity contribution is 6.32. The zero-order valence-corrected chi connectivity index (χ0v) is 20.3. The minimum atomic E-state index is -0.389. The summed E-state index contributed by atoms with van der Waals surface area (Å²) in [6, 6.07) is 13.0. The lowest BCUT2D eigenvalue weighted by Gasteiger charge is -2.34. The van der Waals surface area contributed by atoms with E-state index in [-0.39, 0.29) is 5.97 Å². The maximum atomic E-state index is 12.1. The van der Waals surface area contributed by atoms with Gasteiger partial charge in [-0.25, -0.2) is 14.8 Å². The SMILES string of the molecule is CCOC(=O)c1cccc(-c2nc(Nc3ccc(N4CCN(C)CC4)c(OC)c3)ncc2Cl)c1. The molecular formula is C25H28ClN5O3. The van der Waals surface area contributed by atoms with Crippen molar-refractivity contribution in [3.63, 3.8) is 0 Å². The van der Waals surface area contributed by atoms with Crippen molar-refractivity contribution in [3.8, 4) is 17.0 Å². The molecule has 1 N–H and O–H groups in total. The van der Waals surface area contributed by atoms with Crippen LogP contribution in [0.25, 0.3) is 11.3 Å². The van der Waals surface area contributed by atoms with E-state index in [1.807, 2.05) is 24.3 Å². The topological polar surface area (TPSA) is 79.8 Å². The second-order valence-electron chi connectivity index (χ2n) is 7.99. The third kappa shape index (κ3) is 5.40. The smallest absolute Gasteiger partial charge is 0.338 e. The monoisotopic (exact) mass is 481 g/mol. The molecule has 3 aromatic rings.